The second kappa shape index (κ2) is 4.12. The van der Waals surface area contributed by atoms with Crippen molar-refractivity contribution >= 4 is 22.7 Å². The molecule has 6 nitrogen and oxygen atoms in total. The van der Waals surface area contributed by atoms with Gasteiger partial charge in [0, 0.05) is 20.1 Å². The van der Waals surface area contributed by atoms with E-state index in [1.165, 1.54) is 12.8 Å². The van der Waals surface area contributed by atoms with Crippen molar-refractivity contribution in [1.29, 1.82) is 0 Å². The summed E-state index contributed by atoms with van der Waals surface area (Å²) < 4.78 is 1.71. The molecule has 1 unspecified atom stereocenters. The third-order valence-corrected chi connectivity index (χ3v) is 3.58. The van der Waals surface area contributed by atoms with Crippen LogP contribution in [0.1, 0.15) is 19.8 Å². The second-order valence-electron chi connectivity index (χ2n) is 5.10. The first-order chi connectivity index (χ1) is 8.66. The van der Waals surface area contributed by atoms with Gasteiger partial charge in [-0.05, 0) is 18.8 Å². The molecule has 1 aliphatic rings. The number of hydrogen-bond acceptors (Lipinski definition) is 5. The molecule has 1 fully saturated rings. The SMILES string of the molecule is CC1CCCN(c2ncnc3c2c(N)nn3C)C1. The highest BCUT2D eigenvalue weighted by molar-refractivity contribution is 5.96. The Kier molecular flexibility index (Phi) is 2.57. The Labute approximate surface area is 106 Å². The molecule has 2 aromatic heterocycles. The molecule has 1 saturated heterocycles. The third kappa shape index (κ3) is 1.68. The number of piperidine rings is 1. The van der Waals surface area contributed by atoms with Crippen LogP contribution in [0, 0.1) is 5.92 Å². The maximum Gasteiger partial charge on any atom is 0.165 e. The van der Waals surface area contributed by atoms with Crippen molar-refractivity contribution in [2.45, 2.75) is 19.8 Å². The number of fused-ring (bicyclic) bond motifs is 1. The number of nitrogen functional groups attached to an aromatic ring is 1. The van der Waals surface area contributed by atoms with E-state index in [2.05, 4.69) is 26.9 Å². The lowest BCUT2D eigenvalue weighted by Crippen LogP contribution is -2.35. The maximum absolute atomic E-state index is 5.98. The normalized spacial score (nSPS) is 20.6. The van der Waals surface area contributed by atoms with Crippen LogP contribution in [0.5, 0.6) is 0 Å². The molecule has 96 valence electrons. The van der Waals surface area contributed by atoms with E-state index in [0.717, 1.165) is 29.9 Å². The lowest BCUT2D eigenvalue weighted by atomic mass is 10.0. The van der Waals surface area contributed by atoms with E-state index >= 15 is 0 Å². The fourth-order valence-electron chi connectivity index (χ4n) is 2.72. The molecule has 2 aromatic rings. The summed E-state index contributed by atoms with van der Waals surface area (Å²) in [6.07, 6.45) is 4.08. The number of rotatable bonds is 1. The minimum atomic E-state index is 0.515. The number of nitrogens with zero attached hydrogens (tertiary/aromatic N) is 5. The molecular formula is C12H18N6. The van der Waals surface area contributed by atoms with Crippen molar-refractivity contribution in [3.8, 4) is 0 Å². The Balaban J connectivity index is 2.11. The minimum absolute atomic E-state index is 0.515. The average molecular weight is 246 g/mol. The van der Waals surface area contributed by atoms with Crippen LogP contribution in [-0.2, 0) is 7.05 Å². The zero-order valence-corrected chi connectivity index (χ0v) is 10.8. The fraction of sp³-hybridized carbons (Fsp3) is 0.583. The monoisotopic (exact) mass is 246 g/mol. The topological polar surface area (TPSA) is 72.9 Å². The van der Waals surface area contributed by atoms with Crippen LogP contribution in [0.4, 0.5) is 11.6 Å². The summed E-state index contributed by atoms with van der Waals surface area (Å²) in [5.41, 5.74) is 6.78. The Morgan fingerprint density at radius 1 is 1.39 bits per heavy atom. The predicted molar refractivity (Wildman–Crippen MR) is 71.3 cm³/mol. The van der Waals surface area contributed by atoms with E-state index in [9.17, 15) is 0 Å². The number of anilines is 2. The van der Waals surface area contributed by atoms with Gasteiger partial charge in [0.05, 0.1) is 0 Å². The molecule has 6 heteroatoms. The molecule has 18 heavy (non-hydrogen) atoms. The standard InChI is InChI=1S/C12H18N6/c1-8-4-3-5-18(6-8)12-9-10(13)16-17(2)11(9)14-7-15-12/h7-8H,3-6H2,1-2H3,(H2,13,16). The quantitative estimate of drug-likeness (QED) is 0.818. The largest absolute Gasteiger partial charge is 0.382 e. The van der Waals surface area contributed by atoms with Crippen molar-refractivity contribution < 1.29 is 0 Å². The molecule has 3 rings (SSSR count). The highest BCUT2D eigenvalue weighted by Crippen LogP contribution is 2.30. The van der Waals surface area contributed by atoms with Crippen molar-refractivity contribution in [2.75, 3.05) is 23.7 Å². The van der Waals surface area contributed by atoms with Crippen molar-refractivity contribution in [3.05, 3.63) is 6.33 Å². The van der Waals surface area contributed by atoms with Gasteiger partial charge in [0.25, 0.3) is 0 Å². The lowest BCUT2D eigenvalue weighted by molar-refractivity contribution is 0.445. The van der Waals surface area contributed by atoms with E-state index in [1.54, 1.807) is 11.0 Å². The van der Waals surface area contributed by atoms with Crippen LogP contribution >= 0.6 is 0 Å². The molecule has 1 atom stereocenters. The van der Waals surface area contributed by atoms with Gasteiger partial charge >= 0.3 is 0 Å². The summed E-state index contributed by atoms with van der Waals surface area (Å²) in [6.45, 7) is 4.34. The van der Waals surface area contributed by atoms with E-state index in [4.69, 9.17) is 5.73 Å². The summed E-state index contributed by atoms with van der Waals surface area (Å²) in [5, 5.41) is 5.11. The molecule has 0 spiro atoms. The van der Waals surface area contributed by atoms with Gasteiger partial charge in [-0.2, -0.15) is 5.10 Å². The number of nitrogens with two attached hydrogens (primary N) is 1. The summed E-state index contributed by atoms with van der Waals surface area (Å²) >= 11 is 0. The summed E-state index contributed by atoms with van der Waals surface area (Å²) in [6, 6.07) is 0. The van der Waals surface area contributed by atoms with Crippen LogP contribution in [-0.4, -0.2) is 32.8 Å². The Bertz CT molecular complexity index is 575. The smallest absolute Gasteiger partial charge is 0.165 e. The summed E-state index contributed by atoms with van der Waals surface area (Å²) in [4.78, 5) is 11.0. The molecular weight excluding hydrogens is 228 g/mol. The van der Waals surface area contributed by atoms with Gasteiger partial charge in [0.15, 0.2) is 11.5 Å². The molecule has 3 heterocycles. The number of hydrogen-bond donors (Lipinski definition) is 1. The molecule has 2 N–H and O–H groups in total. The van der Waals surface area contributed by atoms with Gasteiger partial charge in [0.2, 0.25) is 0 Å². The van der Waals surface area contributed by atoms with Crippen LogP contribution in [0.2, 0.25) is 0 Å². The van der Waals surface area contributed by atoms with Gasteiger partial charge in [-0.25, -0.2) is 14.6 Å². The first-order valence-electron chi connectivity index (χ1n) is 6.35. The minimum Gasteiger partial charge on any atom is -0.382 e. The van der Waals surface area contributed by atoms with Gasteiger partial charge in [0.1, 0.15) is 17.5 Å². The summed E-state index contributed by atoms with van der Waals surface area (Å²) in [7, 11) is 1.86. The van der Waals surface area contributed by atoms with Crippen molar-refractivity contribution in [3.63, 3.8) is 0 Å². The first kappa shape index (κ1) is 11.3. The average Bonchev–Trinajstić information content (AvgIpc) is 2.65. The zero-order valence-electron chi connectivity index (χ0n) is 10.8. The summed E-state index contributed by atoms with van der Waals surface area (Å²) in [5.74, 6) is 2.14. The van der Waals surface area contributed by atoms with Crippen LogP contribution < -0.4 is 10.6 Å². The molecule has 0 amide bonds. The van der Waals surface area contributed by atoms with E-state index in [-0.39, 0.29) is 0 Å². The van der Waals surface area contributed by atoms with Gasteiger partial charge < -0.3 is 10.6 Å². The number of aromatic nitrogens is 4. The van der Waals surface area contributed by atoms with E-state index in [1.807, 2.05) is 7.05 Å². The number of aryl methyl sites for hydroxylation is 1. The van der Waals surface area contributed by atoms with Crippen LogP contribution in [0.15, 0.2) is 6.33 Å². The van der Waals surface area contributed by atoms with E-state index in [0.29, 0.717) is 11.7 Å². The molecule has 0 bridgehead atoms. The predicted octanol–water partition coefficient (Wildman–Crippen LogP) is 1.18. The first-order valence-corrected chi connectivity index (χ1v) is 6.35. The molecule has 1 aliphatic heterocycles. The van der Waals surface area contributed by atoms with Crippen molar-refractivity contribution in [1.82, 2.24) is 19.7 Å². The second-order valence-corrected chi connectivity index (χ2v) is 5.10. The molecule has 0 aromatic carbocycles. The van der Waals surface area contributed by atoms with Crippen molar-refractivity contribution in [2.24, 2.45) is 13.0 Å². The Morgan fingerprint density at radius 3 is 3.00 bits per heavy atom. The van der Waals surface area contributed by atoms with Gasteiger partial charge in [-0.1, -0.05) is 6.92 Å². The van der Waals surface area contributed by atoms with E-state index < -0.39 is 0 Å². The molecule has 0 aliphatic carbocycles. The van der Waals surface area contributed by atoms with Crippen LogP contribution in [0.25, 0.3) is 11.0 Å². The zero-order chi connectivity index (χ0) is 12.7. The Hall–Kier alpha value is -1.85. The molecule has 0 radical (unpaired) electrons. The maximum atomic E-state index is 5.98. The van der Waals surface area contributed by atoms with Gasteiger partial charge in [-0.15, -0.1) is 0 Å². The Morgan fingerprint density at radius 2 is 2.22 bits per heavy atom. The fourth-order valence-corrected chi connectivity index (χ4v) is 2.72. The highest BCUT2D eigenvalue weighted by Gasteiger charge is 2.22. The van der Waals surface area contributed by atoms with Gasteiger partial charge in [-0.3, -0.25) is 0 Å². The highest BCUT2D eigenvalue weighted by atomic mass is 15.3. The molecule has 0 saturated carbocycles. The lowest BCUT2D eigenvalue weighted by Gasteiger charge is -2.32. The third-order valence-electron chi connectivity index (χ3n) is 3.58. The van der Waals surface area contributed by atoms with Crippen LogP contribution in [0.3, 0.4) is 0 Å².